The third-order valence-electron chi connectivity index (χ3n) is 1.25. The minimum absolute atomic E-state index is 0.145. The number of nitrogens with two attached hydrogens (primary N) is 2. The number of nitrogens with one attached hydrogen (secondary N) is 1. The van der Waals surface area contributed by atoms with Gasteiger partial charge in [-0.2, -0.15) is 0 Å². The summed E-state index contributed by atoms with van der Waals surface area (Å²) in [6, 6.07) is 1.18. The first-order valence-electron chi connectivity index (χ1n) is 3.01. The Morgan fingerprint density at radius 3 is 2.75 bits per heavy atom. The molecule has 0 aliphatic carbocycles. The fourth-order valence-corrected chi connectivity index (χ4v) is 0.691. The highest BCUT2D eigenvalue weighted by Gasteiger charge is 2.08. The van der Waals surface area contributed by atoms with Crippen molar-refractivity contribution < 1.29 is 4.92 Å². The van der Waals surface area contributed by atoms with E-state index < -0.39 is 4.92 Å². The summed E-state index contributed by atoms with van der Waals surface area (Å²) in [7, 11) is 0. The zero-order chi connectivity index (χ0) is 9.14. The van der Waals surface area contributed by atoms with E-state index >= 15 is 0 Å². The van der Waals surface area contributed by atoms with Crippen molar-refractivity contribution in [3.8, 4) is 0 Å². The number of anilines is 2. The maximum Gasteiger partial charge on any atom is 0.289 e. The molecule has 0 aliphatic rings. The Morgan fingerprint density at radius 1 is 1.67 bits per heavy atom. The van der Waals surface area contributed by atoms with E-state index in [2.05, 4.69) is 10.4 Å². The minimum atomic E-state index is -0.580. The molecule has 0 saturated carbocycles. The zero-order valence-electron chi connectivity index (χ0n) is 6.02. The second kappa shape index (κ2) is 3.01. The average molecular weight is 169 g/mol. The van der Waals surface area contributed by atoms with E-state index in [1.807, 2.05) is 0 Å². The van der Waals surface area contributed by atoms with Crippen molar-refractivity contribution >= 4 is 17.2 Å². The lowest BCUT2D eigenvalue weighted by atomic mass is 10.3. The number of rotatable bonds is 2. The van der Waals surface area contributed by atoms with Crippen molar-refractivity contribution in [2.45, 2.75) is 0 Å². The molecule has 7 nitrogen and oxygen atoms in total. The van der Waals surface area contributed by atoms with E-state index in [-0.39, 0.29) is 17.2 Å². The number of nitrogens with zero attached hydrogens (tertiary/aromatic N) is 2. The van der Waals surface area contributed by atoms with Crippen LogP contribution < -0.4 is 17.0 Å². The molecule has 5 N–H and O–H groups in total. The van der Waals surface area contributed by atoms with Crippen LogP contribution in [0.2, 0.25) is 0 Å². The number of nitrogen functional groups attached to an aromatic ring is 2. The Labute approximate surface area is 67.5 Å². The predicted octanol–water partition coefficient (Wildman–Crippen LogP) is -0.142. The van der Waals surface area contributed by atoms with Gasteiger partial charge in [-0.15, -0.1) is 0 Å². The number of aromatic nitrogens is 1. The molecule has 0 atom stereocenters. The molecule has 0 aliphatic heterocycles. The molecular formula is C5H7N5O2. The Morgan fingerprint density at radius 2 is 2.33 bits per heavy atom. The molecule has 1 heterocycles. The van der Waals surface area contributed by atoms with Crippen LogP contribution >= 0.6 is 0 Å². The molecule has 0 bridgehead atoms. The first kappa shape index (κ1) is 8.21. The molecule has 0 amide bonds. The summed E-state index contributed by atoms with van der Waals surface area (Å²) >= 11 is 0. The van der Waals surface area contributed by atoms with Crippen LogP contribution in [0.25, 0.3) is 0 Å². The van der Waals surface area contributed by atoms with Crippen molar-refractivity contribution in [1.82, 2.24) is 4.98 Å². The van der Waals surface area contributed by atoms with Crippen molar-refractivity contribution in [1.29, 1.82) is 0 Å². The van der Waals surface area contributed by atoms with Crippen LogP contribution in [0.15, 0.2) is 12.3 Å². The van der Waals surface area contributed by atoms with Gasteiger partial charge in [-0.25, -0.2) is 10.8 Å². The van der Waals surface area contributed by atoms with Gasteiger partial charge >= 0.3 is 0 Å². The molecule has 0 radical (unpaired) electrons. The molecule has 0 unspecified atom stereocenters. The largest absolute Gasteiger partial charge is 0.395 e. The van der Waals surface area contributed by atoms with Crippen LogP contribution in [-0.4, -0.2) is 9.91 Å². The molecular weight excluding hydrogens is 162 g/mol. The fraction of sp³-hybridized carbons (Fsp3) is 0. The molecule has 12 heavy (non-hydrogen) atoms. The van der Waals surface area contributed by atoms with Crippen LogP contribution in [0.4, 0.5) is 17.2 Å². The summed E-state index contributed by atoms with van der Waals surface area (Å²) in [6.07, 6.45) is 1.07. The average Bonchev–Trinajstić information content (AvgIpc) is 2.04. The van der Waals surface area contributed by atoms with Gasteiger partial charge in [0, 0.05) is 6.07 Å². The molecule has 0 spiro atoms. The smallest absolute Gasteiger partial charge is 0.289 e. The SMILES string of the molecule is NNc1ncc([N+](=O)[O-])cc1N. The lowest BCUT2D eigenvalue weighted by molar-refractivity contribution is -0.385. The molecule has 1 aromatic rings. The topological polar surface area (TPSA) is 120 Å². The predicted molar refractivity (Wildman–Crippen MR) is 43.1 cm³/mol. The lowest BCUT2D eigenvalue weighted by Crippen LogP contribution is -2.11. The Balaban J connectivity index is 3.10. The summed E-state index contributed by atoms with van der Waals surface area (Å²) < 4.78 is 0. The third-order valence-corrected chi connectivity index (χ3v) is 1.25. The summed E-state index contributed by atoms with van der Waals surface area (Å²) in [4.78, 5) is 13.2. The Hall–Kier alpha value is -1.89. The molecule has 64 valence electrons. The van der Waals surface area contributed by atoms with Crippen molar-refractivity contribution in [3.63, 3.8) is 0 Å². The molecule has 1 rings (SSSR count). The fourth-order valence-electron chi connectivity index (χ4n) is 0.691. The molecule has 7 heteroatoms. The Bertz CT molecular complexity index is 313. The summed E-state index contributed by atoms with van der Waals surface area (Å²) in [5.41, 5.74) is 7.55. The van der Waals surface area contributed by atoms with Crippen LogP contribution in [0.5, 0.6) is 0 Å². The van der Waals surface area contributed by atoms with Gasteiger partial charge in [-0.1, -0.05) is 0 Å². The van der Waals surface area contributed by atoms with Gasteiger partial charge in [0.2, 0.25) is 0 Å². The second-order valence-corrected chi connectivity index (χ2v) is 2.03. The van der Waals surface area contributed by atoms with Crippen molar-refractivity contribution in [2.75, 3.05) is 11.2 Å². The van der Waals surface area contributed by atoms with Crippen molar-refractivity contribution in [3.05, 3.63) is 22.4 Å². The number of nitro groups is 1. The Kier molecular flexibility index (Phi) is 2.06. The number of hydrogen-bond donors (Lipinski definition) is 3. The van der Waals surface area contributed by atoms with E-state index in [1.165, 1.54) is 6.07 Å². The van der Waals surface area contributed by atoms with Gasteiger partial charge in [0.05, 0.1) is 10.6 Å². The molecule has 0 fully saturated rings. The molecule has 0 aromatic carbocycles. The van der Waals surface area contributed by atoms with Gasteiger partial charge in [-0.3, -0.25) is 10.1 Å². The third kappa shape index (κ3) is 1.40. The highest BCUT2D eigenvalue weighted by atomic mass is 16.6. The van der Waals surface area contributed by atoms with Gasteiger partial charge in [0.25, 0.3) is 5.69 Å². The monoisotopic (exact) mass is 169 g/mol. The van der Waals surface area contributed by atoms with E-state index in [1.54, 1.807) is 0 Å². The normalized spacial score (nSPS) is 9.42. The molecule has 1 aromatic heterocycles. The van der Waals surface area contributed by atoms with E-state index in [4.69, 9.17) is 11.6 Å². The van der Waals surface area contributed by atoms with E-state index in [0.717, 1.165) is 6.20 Å². The second-order valence-electron chi connectivity index (χ2n) is 2.03. The standard InChI is InChI=1S/C5H7N5O2/c6-4-1-3(10(11)12)2-8-5(4)9-7/h1-2H,6-7H2,(H,8,9). The maximum atomic E-state index is 10.2. The number of hydrazine groups is 1. The number of hydrogen-bond acceptors (Lipinski definition) is 6. The highest BCUT2D eigenvalue weighted by Crippen LogP contribution is 2.19. The first-order valence-corrected chi connectivity index (χ1v) is 3.01. The molecule has 0 saturated heterocycles. The van der Waals surface area contributed by atoms with E-state index in [0.29, 0.717) is 0 Å². The quantitative estimate of drug-likeness (QED) is 0.322. The van der Waals surface area contributed by atoms with Crippen LogP contribution in [0.1, 0.15) is 0 Å². The van der Waals surface area contributed by atoms with Gasteiger partial charge in [-0.05, 0) is 0 Å². The zero-order valence-corrected chi connectivity index (χ0v) is 6.02. The number of pyridine rings is 1. The highest BCUT2D eigenvalue weighted by molar-refractivity contribution is 5.63. The first-order chi connectivity index (χ1) is 5.65. The van der Waals surface area contributed by atoms with Crippen LogP contribution in [0, 0.1) is 10.1 Å². The van der Waals surface area contributed by atoms with Crippen molar-refractivity contribution in [2.24, 2.45) is 5.84 Å². The van der Waals surface area contributed by atoms with Gasteiger partial charge in [0.15, 0.2) is 5.82 Å². The van der Waals surface area contributed by atoms with E-state index in [9.17, 15) is 10.1 Å². The van der Waals surface area contributed by atoms with Crippen LogP contribution in [0.3, 0.4) is 0 Å². The summed E-state index contributed by atoms with van der Waals surface area (Å²) in [5.74, 6) is 5.24. The van der Waals surface area contributed by atoms with Gasteiger partial charge in [0.1, 0.15) is 6.20 Å². The maximum absolute atomic E-state index is 10.2. The minimum Gasteiger partial charge on any atom is -0.395 e. The lowest BCUT2D eigenvalue weighted by Gasteiger charge is -2.01. The summed E-state index contributed by atoms with van der Waals surface area (Å²) in [6.45, 7) is 0. The van der Waals surface area contributed by atoms with Gasteiger partial charge < -0.3 is 11.2 Å². The van der Waals surface area contributed by atoms with Crippen LogP contribution in [-0.2, 0) is 0 Å². The summed E-state index contributed by atoms with van der Waals surface area (Å²) in [5, 5.41) is 10.2.